The van der Waals surface area contributed by atoms with Gasteiger partial charge in [-0.15, -0.1) is 0 Å². The molecule has 0 aliphatic heterocycles. The summed E-state index contributed by atoms with van der Waals surface area (Å²) in [5.74, 6) is 0.275. The van der Waals surface area contributed by atoms with Gasteiger partial charge < -0.3 is 16.2 Å². The highest BCUT2D eigenvalue weighted by Crippen LogP contribution is 2.23. The van der Waals surface area contributed by atoms with Crippen molar-refractivity contribution in [3.05, 3.63) is 35.4 Å². The molecule has 1 atom stereocenters. The zero-order valence-corrected chi connectivity index (χ0v) is 18.6. The summed E-state index contributed by atoms with van der Waals surface area (Å²) in [6.45, 7) is 3.92. The number of hydrogen-bond donors (Lipinski definition) is 4. The quantitative estimate of drug-likeness (QED) is 0.368. The largest absolute Gasteiger partial charge is 0.394 e. The molecule has 0 saturated heterocycles. The highest BCUT2D eigenvalue weighted by Gasteiger charge is 2.15. The van der Waals surface area contributed by atoms with Crippen molar-refractivity contribution in [2.75, 3.05) is 22.9 Å². The Kier molecular flexibility index (Phi) is 8.38. The molecule has 30 heavy (non-hydrogen) atoms. The topological polar surface area (TPSA) is 160 Å². The van der Waals surface area contributed by atoms with Crippen molar-refractivity contribution >= 4 is 39.6 Å². The number of nitrogens with two attached hydrogens (primary N) is 1. The standard InChI is InChI=1S/C18H26N6O4S2/c1-11(2)7-14(9-25)20-16-21-17(24-30(3,27)28)23-18(22-16)29-10-12-5-4-6-13(8-12)15(19)26/h4-6,8,11,14,25H,7,9-10H2,1-3H3,(H2,19,26)(H2,20,21,22,23,24)/t14-/m1/s1. The van der Waals surface area contributed by atoms with Gasteiger partial charge in [0.1, 0.15) is 0 Å². The average molecular weight is 455 g/mol. The van der Waals surface area contributed by atoms with Gasteiger partial charge in [-0.1, -0.05) is 37.7 Å². The molecule has 164 valence electrons. The van der Waals surface area contributed by atoms with E-state index in [4.69, 9.17) is 5.73 Å². The van der Waals surface area contributed by atoms with Gasteiger partial charge in [0.05, 0.1) is 18.9 Å². The number of aliphatic hydroxyl groups excluding tert-OH is 1. The predicted molar refractivity (Wildman–Crippen MR) is 117 cm³/mol. The van der Waals surface area contributed by atoms with E-state index in [-0.39, 0.29) is 29.7 Å². The lowest BCUT2D eigenvalue weighted by molar-refractivity contribution is 0.1000. The van der Waals surface area contributed by atoms with Crippen LogP contribution in [0, 0.1) is 5.92 Å². The third kappa shape index (κ3) is 8.13. The van der Waals surface area contributed by atoms with E-state index in [9.17, 15) is 18.3 Å². The molecular formula is C18H26N6O4S2. The van der Waals surface area contributed by atoms with Crippen molar-refractivity contribution in [2.45, 2.75) is 37.2 Å². The number of primary amides is 1. The summed E-state index contributed by atoms with van der Waals surface area (Å²) in [7, 11) is -3.59. The van der Waals surface area contributed by atoms with E-state index in [2.05, 4.69) is 25.0 Å². The van der Waals surface area contributed by atoms with Crippen LogP contribution in [0.15, 0.2) is 29.4 Å². The molecule has 1 aromatic carbocycles. The highest BCUT2D eigenvalue weighted by molar-refractivity contribution is 7.98. The van der Waals surface area contributed by atoms with Crippen LogP contribution in [-0.2, 0) is 15.8 Å². The zero-order valence-electron chi connectivity index (χ0n) is 17.0. The number of hydrogen-bond acceptors (Lipinski definition) is 9. The lowest BCUT2D eigenvalue weighted by atomic mass is 10.0. The van der Waals surface area contributed by atoms with Crippen molar-refractivity contribution in [3.8, 4) is 0 Å². The Bertz CT molecular complexity index is 984. The molecule has 0 radical (unpaired) electrons. The number of amides is 1. The number of nitrogens with zero attached hydrogens (tertiary/aromatic N) is 3. The Labute approximate surface area is 180 Å². The molecule has 0 aliphatic carbocycles. The van der Waals surface area contributed by atoms with Crippen LogP contribution in [-0.4, -0.2) is 53.3 Å². The number of aromatic nitrogens is 3. The molecule has 0 aliphatic rings. The van der Waals surface area contributed by atoms with Crippen molar-refractivity contribution < 1.29 is 18.3 Å². The van der Waals surface area contributed by atoms with Crippen LogP contribution in [0.3, 0.4) is 0 Å². The van der Waals surface area contributed by atoms with E-state index in [0.29, 0.717) is 23.7 Å². The maximum absolute atomic E-state index is 11.6. The third-order valence-corrected chi connectivity index (χ3v) is 5.25. The van der Waals surface area contributed by atoms with E-state index in [1.807, 2.05) is 19.9 Å². The molecular weight excluding hydrogens is 428 g/mol. The van der Waals surface area contributed by atoms with Crippen LogP contribution in [0.1, 0.15) is 36.2 Å². The first kappa shape index (κ1) is 23.8. The van der Waals surface area contributed by atoms with Crippen molar-refractivity contribution in [1.29, 1.82) is 0 Å². The summed E-state index contributed by atoms with van der Waals surface area (Å²) in [4.78, 5) is 23.9. The lowest BCUT2D eigenvalue weighted by Gasteiger charge is -2.18. The maximum atomic E-state index is 11.6. The van der Waals surface area contributed by atoms with Gasteiger partial charge in [-0.3, -0.25) is 9.52 Å². The molecule has 0 saturated carbocycles. The lowest BCUT2D eigenvalue weighted by Crippen LogP contribution is -2.27. The van der Waals surface area contributed by atoms with Crippen molar-refractivity contribution in [1.82, 2.24) is 15.0 Å². The molecule has 0 fully saturated rings. The van der Waals surface area contributed by atoms with E-state index in [1.165, 1.54) is 11.8 Å². The Morgan fingerprint density at radius 1 is 1.23 bits per heavy atom. The Balaban J connectivity index is 2.25. The summed E-state index contributed by atoms with van der Waals surface area (Å²) in [5.41, 5.74) is 6.53. The second-order valence-electron chi connectivity index (χ2n) is 7.15. The molecule has 12 heteroatoms. The average Bonchev–Trinajstić information content (AvgIpc) is 2.64. The smallest absolute Gasteiger partial charge is 0.248 e. The van der Waals surface area contributed by atoms with Gasteiger partial charge in [0.15, 0.2) is 5.16 Å². The number of nitrogens with one attached hydrogen (secondary N) is 2. The molecule has 5 N–H and O–H groups in total. The first-order valence-electron chi connectivity index (χ1n) is 9.18. The van der Waals surface area contributed by atoms with Gasteiger partial charge >= 0.3 is 0 Å². The van der Waals surface area contributed by atoms with E-state index in [1.54, 1.807) is 18.2 Å². The molecule has 10 nitrogen and oxygen atoms in total. The van der Waals surface area contributed by atoms with Gasteiger partial charge in [-0.25, -0.2) is 8.42 Å². The number of sulfonamides is 1. The van der Waals surface area contributed by atoms with Crippen LogP contribution in [0.2, 0.25) is 0 Å². The van der Waals surface area contributed by atoms with Gasteiger partial charge in [-0.05, 0) is 30.0 Å². The van der Waals surface area contributed by atoms with Crippen molar-refractivity contribution in [2.24, 2.45) is 11.7 Å². The Morgan fingerprint density at radius 2 is 1.93 bits per heavy atom. The number of benzene rings is 1. The van der Waals surface area contributed by atoms with Crippen LogP contribution in [0.5, 0.6) is 0 Å². The molecule has 0 spiro atoms. The van der Waals surface area contributed by atoms with Gasteiger partial charge in [0.2, 0.25) is 27.8 Å². The maximum Gasteiger partial charge on any atom is 0.248 e. The molecule has 1 amide bonds. The monoisotopic (exact) mass is 454 g/mol. The fraction of sp³-hybridized carbons (Fsp3) is 0.444. The van der Waals surface area contributed by atoms with Crippen LogP contribution < -0.4 is 15.8 Å². The Hall–Kier alpha value is -2.44. The number of carbonyl (C=O) groups is 1. The van der Waals surface area contributed by atoms with E-state index < -0.39 is 15.9 Å². The van der Waals surface area contributed by atoms with Gasteiger partial charge in [-0.2, -0.15) is 15.0 Å². The summed E-state index contributed by atoms with van der Waals surface area (Å²) < 4.78 is 25.5. The fourth-order valence-electron chi connectivity index (χ4n) is 2.59. The molecule has 2 rings (SSSR count). The summed E-state index contributed by atoms with van der Waals surface area (Å²) in [6, 6.07) is 6.57. The predicted octanol–water partition coefficient (Wildman–Crippen LogP) is 1.45. The number of aliphatic hydroxyl groups is 1. The molecule has 0 bridgehead atoms. The highest BCUT2D eigenvalue weighted by atomic mass is 32.2. The van der Waals surface area contributed by atoms with Gasteiger partial charge in [0.25, 0.3) is 0 Å². The van der Waals surface area contributed by atoms with Crippen LogP contribution in [0.25, 0.3) is 0 Å². The van der Waals surface area contributed by atoms with Crippen molar-refractivity contribution in [3.63, 3.8) is 0 Å². The summed E-state index contributed by atoms with van der Waals surface area (Å²) in [5, 5.41) is 12.9. The second-order valence-corrected chi connectivity index (χ2v) is 9.84. The first-order valence-corrected chi connectivity index (χ1v) is 12.1. The normalized spacial score (nSPS) is 12.6. The minimum atomic E-state index is -3.59. The molecule has 1 aromatic heterocycles. The molecule has 1 heterocycles. The molecule has 0 unspecified atom stereocenters. The number of carbonyl (C=O) groups excluding carboxylic acids is 1. The summed E-state index contributed by atoms with van der Waals surface area (Å²) in [6.07, 6.45) is 1.68. The van der Waals surface area contributed by atoms with E-state index in [0.717, 1.165) is 11.8 Å². The fourth-order valence-corrected chi connectivity index (χ4v) is 3.79. The number of thioether (sulfide) groups is 1. The van der Waals surface area contributed by atoms with Gasteiger partial charge in [0, 0.05) is 11.3 Å². The SMILES string of the molecule is CC(C)C[C@H](CO)Nc1nc(NS(C)(=O)=O)nc(SCc2cccc(C(N)=O)c2)n1. The Morgan fingerprint density at radius 3 is 2.53 bits per heavy atom. The minimum Gasteiger partial charge on any atom is -0.394 e. The zero-order chi connectivity index (χ0) is 22.3. The third-order valence-electron chi connectivity index (χ3n) is 3.78. The minimum absolute atomic E-state index is 0.121. The first-order chi connectivity index (χ1) is 14.1. The summed E-state index contributed by atoms with van der Waals surface area (Å²) >= 11 is 1.25. The molecule has 2 aromatic rings. The second kappa shape index (κ2) is 10.5. The van der Waals surface area contributed by atoms with Crippen LogP contribution >= 0.6 is 11.8 Å². The van der Waals surface area contributed by atoms with Crippen LogP contribution in [0.4, 0.5) is 11.9 Å². The van der Waals surface area contributed by atoms with E-state index >= 15 is 0 Å². The number of rotatable bonds is 11. The number of anilines is 2.